The van der Waals surface area contributed by atoms with E-state index in [9.17, 15) is 18.0 Å². The summed E-state index contributed by atoms with van der Waals surface area (Å²) in [4.78, 5) is 18.5. The van der Waals surface area contributed by atoms with E-state index < -0.39 is 6.36 Å². The van der Waals surface area contributed by atoms with Crippen LogP contribution in [0, 0.1) is 0 Å². The average Bonchev–Trinajstić information content (AvgIpc) is 3.27. The van der Waals surface area contributed by atoms with Crippen LogP contribution < -0.4 is 4.74 Å². The Morgan fingerprint density at radius 1 is 1.20 bits per heavy atom. The van der Waals surface area contributed by atoms with Gasteiger partial charge in [-0.2, -0.15) is 4.98 Å². The molecule has 0 radical (unpaired) electrons. The number of amides is 1. The molecule has 3 aromatic rings. The summed E-state index contributed by atoms with van der Waals surface area (Å²) in [5, 5.41) is 4.09. The van der Waals surface area contributed by atoms with E-state index in [2.05, 4.69) is 14.9 Å². The smallest absolute Gasteiger partial charge is 0.406 e. The molecule has 156 valence electrons. The minimum absolute atomic E-state index is 0.0741. The molecule has 1 aromatic heterocycles. The van der Waals surface area contributed by atoms with Crippen LogP contribution in [0.3, 0.4) is 0 Å². The van der Waals surface area contributed by atoms with Gasteiger partial charge in [0.2, 0.25) is 11.7 Å². The largest absolute Gasteiger partial charge is 0.573 e. The molecule has 30 heavy (non-hydrogen) atoms. The van der Waals surface area contributed by atoms with Crippen molar-refractivity contribution in [1.29, 1.82) is 0 Å². The quantitative estimate of drug-likeness (QED) is 0.493. The molecule has 0 N–H and O–H groups in total. The number of aromatic nitrogens is 2. The summed E-state index contributed by atoms with van der Waals surface area (Å²) in [5.41, 5.74) is 2.30. The zero-order valence-electron chi connectivity index (χ0n) is 15.0. The lowest BCUT2D eigenvalue weighted by atomic mass is 10.1. The Morgan fingerprint density at radius 2 is 1.93 bits per heavy atom. The molecular weight excluding hydrogens is 446 g/mol. The van der Waals surface area contributed by atoms with Gasteiger partial charge >= 0.3 is 6.36 Å². The second kappa shape index (κ2) is 7.81. The van der Waals surface area contributed by atoms with Crippen molar-refractivity contribution in [2.24, 2.45) is 0 Å². The summed E-state index contributed by atoms with van der Waals surface area (Å²) in [6.45, 7) is 0.479. The number of ether oxygens (including phenoxy) is 1. The number of fused-ring (bicyclic) bond motifs is 1. The first-order chi connectivity index (χ1) is 14.2. The van der Waals surface area contributed by atoms with E-state index in [1.165, 1.54) is 24.3 Å². The number of nitrogens with zero attached hydrogens (tertiary/aromatic N) is 3. The van der Waals surface area contributed by atoms with Gasteiger partial charge in [0.15, 0.2) is 0 Å². The molecule has 2 aromatic carbocycles. The van der Waals surface area contributed by atoms with Crippen molar-refractivity contribution >= 4 is 29.1 Å². The van der Waals surface area contributed by atoms with Crippen molar-refractivity contribution < 1.29 is 27.2 Å². The first-order valence-corrected chi connectivity index (χ1v) is 9.50. The summed E-state index contributed by atoms with van der Waals surface area (Å²) in [6.07, 6.45) is -4.76. The Bertz CT molecular complexity index is 1100. The van der Waals surface area contributed by atoms with Crippen LogP contribution >= 0.6 is 23.2 Å². The third-order valence-corrected chi connectivity index (χ3v) is 4.93. The SMILES string of the molecule is O=C1c2c(Cl)cc(-c3noc(CCl)n3)cc2CN1Cc1ccc(OC(F)(F)F)cc1. The number of halogens is 5. The Labute approximate surface area is 178 Å². The fourth-order valence-corrected chi connectivity index (χ4v) is 3.59. The molecule has 1 aliphatic heterocycles. The Kier molecular flexibility index (Phi) is 5.33. The van der Waals surface area contributed by atoms with E-state index >= 15 is 0 Å². The Balaban J connectivity index is 1.52. The van der Waals surface area contributed by atoms with E-state index in [4.69, 9.17) is 27.7 Å². The van der Waals surface area contributed by atoms with Gasteiger partial charge in [0.25, 0.3) is 5.91 Å². The lowest BCUT2D eigenvalue weighted by Gasteiger charge is -2.16. The topological polar surface area (TPSA) is 68.5 Å². The van der Waals surface area contributed by atoms with Crippen molar-refractivity contribution in [3.8, 4) is 17.1 Å². The number of carbonyl (C=O) groups excluding carboxylic acids is 1. The molecule has 2 heterocycles. The predicted molar refractivity (Wildman–Crippen MR) is 101 cm³/mol. The van der Waals surface area contributed by atoms with Crippen molar-refractivity contribution in [3.05, 3.63) is 64.0 Å². The van der Waals surface area contributed by atoms with Gasteiger partial charge < -0.3 is 14.2 Å². The molecule has 0 saturated carbocycles. The number of hydrogen-bond donors (Lipinski definition) is 0. The fourth-order valence-electron chi connectivity index (χ4n) is 3.16. The van der Waals surface area contributed by atoms with E-state index in [0.717, 1.165) is 0 Å². The van der Waals surface area contributed by atoms with Gasteiger partial charge in [0, 0.05) is 18.7 Å². The van der Waals surface area contributed by atoms with Gasteiger partial charge in [0.1, 0.15) is 11.6 Å². The van der Waals surface area contributed by atoms with Gasteiger partial charge in [-0.3, -0.25) is 4.79 Å². The normalized spacial score (nSPS) is 13.6. The lowest BCUT2D eigenvalue weighted by Crippen LogP contribution is -2.23. The monoisotopic (exact) mass is 457 g/mol. The van der Waals surface area contributed by atoms with Crippen LogP contribution in [0.15, 0.2) is 40.9 Å². The standard InChI is InChI=1S/C19H12Cl2F3N3O3/c20-7-15-25-17(26-30-15)11-5-12-9-27(18(28)16(12)14(21)6-11)8-10-1-3-13(4-2-10)29-19(22,23)24/h1-6H,7-9H2. The first kappa shape index (κ1) is 20.5. The van der Waals surface area contributed by atoms with Crippen LogP contribution in [-0.2, 0) is 19.0 Å². The predicted octanol–water partition coefficient (Wildman–Crippen LogP) is 5.18. The minimum atomic E-state index is -4.76. The second-order valence-corrected chi connectivity index (χ2v) is 7.16. The number of rotatable bonds is 5. The highest BCUT2D eigenvalue weighted by molar-refractivity contribution is 6.34. The summed E-state index contributed by atoms with van der Waals surface area (Å²) >= 11 is 12.0. The first-order valence-electron chi connectivity index (χ1n) is 8.59. The highest BCUT2D eigenvalue weighted by Gasteiger charge is 2.32. The van der Waals surface area contributed by atoms with Gasteiger partial charge in [-0.15, -0.1) is 24.8 Å². The van der Waals surface area contributed by atoms with Gasteiger partial charge in [0.05, 0.1) is 10.6 Å². The molecule has 0 aliphatic carbocycles. The van der Waals surface area contributed by atoms with E-state index in [1.807, 2.05) is 0 Å². The summed E-state index contributed by atoms with van der Waals surface area (Å²) in [7, 11) is 0. The average molecular weight is 458 g/mol. The summed E-state index contributed by atoms with van der Waals surface area (Å²) in [6, 6.07) is 8.67. The molecular formula is C19H12Cl2F3N3O3. The number of benzene rings is 2. The van der Waals surface area contributed by atoms with Crippen molar-refractivity contribution in [3.63, 3.8) is 0 Å². The number of alkyl halides is 4. The number of hydrogen-bond acceptors (Lipinski definition) is 5. The molecule has 0 fully saturated rings. The second-order valence-electron chi connectivity index (χ2n) is 6.49. The summed E-state index contributed by atoms with van der Waals surface area (Å²) in [5.74, 6) is 0.0450. The van der Waals surface area contributed by atoms with Crippen LogP contribution in [0.4, 0.5) is 13.2 Å². The third-order valence-electron chi connectivity index (χ3n) is 4.41. The zero-order chi connectivity index (χ0) is 21.5. The van der Waals surface area contributed by atoms with Crippen LogP contribution in [0.5, 0.6) is 5.75 Å². The van der Waals surface area contributed by atoms with Crippen LogP contribution in [0.2, 0.25) is 5.02 Å². The van der Waals surface area contributed by atoms with E-state index in [0.29, 0.717) is 28.1 Å². The Morgan fingerprint density at radius 3 is 2.57 bits per heavy atom. The van der Waals surface area contributed by atoms with E-state index in [1.54, 1.807) is 17.0 Å². The zero-order valence-corrected chi connectivity index (χ0v) is 16.6. The van der Waals surface area contributed by atoms with Crippen LogP contribution in [0.1, 0.15) is 27.4 Å². The Hall–Kier alpha value is -2.78. The summed E-state index contributed by atoms with van der Waals surface area (Å²) < 4.78 is 45.7. The number of carbonyl (C=O) groups is 1. The molecule has 1 aliphatic rings. The molecule has 0 saturated heterocycles. The molecule has 0 unspecified atom stereocenters. The molecule has 4 rings (SSSR count). The molecule has 0 spiro atoms. The van der Waals surface area contributed by atoms with Crippen LogP contribution in [0.25, 0.3) is 11.4 Å². The van der Waals surface area contributed by atoms with Crippen molar-refractivity contribution in [1.82, 2.24) is 15.0 Å². The molecule has 0 atom stereocenters. The third kappa shape index (κ3) is 4.22. The van der Waals surface area contributed by atoms with Gasteiger partial charge in [-0.1, -0.05) is 28.9 Å². The highest BCUT2D eigenvalue weighted by Crippen LogP contribution is 2.34. The van der Waals surface area contributed by atoms with E-state index in [-0.39, 0.29) is 41.5 Å². The maximum Gasteiger partial charge on any atom is 0.573 e. The molecule has 6 nitrogen and oxygen atoms in total. The van der Waals surface area contributed by atoms with Crippen molar-refractivity contribution in [2.45, 2.75) is 25.3 Å². The fraction of sp³-hybridized carbons (Fsp3) is 0.211. The van der Waals surface area contributed by atoms with Crippen LogP contribution in [-0.4, -0.2) is 27.3 Å². The maximum atomic E-state index is 12.8. The minimum Gasteiger partial charge on any atom is -0.406 e. The molecule has 11 heteroatoms. The van der Waals surface area contributed by atoms with Gasteiger partial charge in [-0.25, -0.2) is 0 Å². The maximum absolute atomic E-state index is 12.8. The highest BCUT2D eigenvalue weighted by atomic mass is 35.5. The molecule has 1 amide bonds. The molecule has 0 bridgehead atoms. The van der Waals surface area contributed by atoms with Gasteiger partial charge in [-0.05, 0) is 35.4 Å². The lowest BCUT2D eigenvalue weighted by molar-refractivity contribution is -0.274. The van der Waals surface area contributed by atoms with Crippen molar-refractivity contribution in [2.75, 3.05) is 0 Å².